The zero-order valence-corrected chi connectivity index (χ0v) is 21.6. The van der Waals surface area contributed by atoms with Gasteiger partial charge < -0.3 is 5.32 Å². The van der Waals surface area contributed by atoms with Crippen LogP contribution in [0.3, 0.4) is 0 Å². The van der Waals surface area contributed by atoms with Gasteiger partial charge in [0, 0.05) is 35.7 Å². The van der Waals surface area contributed by atoms with E-state index in [0.29, 0.717) is 30.2 Å². The first kappa shape index (κ1) is 25.7. The molecule has 36 heavy (non-hydrogen) atoms. The molecular weight excluding hydrogens is 502 g/mol. The molecule has 0 bridgehead atoms. The van der Waals surface area contributed by atoms with Crippen molar-refractivity contribution >= 4 is 37.6 Å². The van der Waals surface area contributed by atoms with Crippen LogP contribution in [0.5, 0.6) is 0 Å². The molecule has 0 saturated carbocycles. The van der Waals surface area contributed by atoms with Crippen LogP contribution < -0.4 is 10.0 Å². The summed E-state index contributed by atoms with van der Waals surface area (Å²) in [7, 11) is -7.50. The average molecular weight is 530 g/mol. The first-order valence-corrected chi connectivity index (χ1v) is 14.3. The fourth-order valence-electron chi connectivity index (χ4n) is 3.90. The molecule has 1 amide bonds. The molecule has 0 radical (unpaired) electrons. The van der Waals surface area contributed by atoms with Crippen molar-refractivity contribution in [1.82, 2.24) is 14.3 Å². The van der Waals surface area contributed by atoms with E-state index in [4.69, 9.17) is 0 Å². The van der Waals surface area contributed by atoms with Crippen molar-refractivity contribution in [3.8, 4) is 0 Å². The molecule has 2 aromatic carbocycles. The van der Waals surface area contributed by atoms with Crippen LogP contribution in [-0.4, -0.2) is 50.1 Å². The van der Waals surface area contributed by atoms with Crippen molar-refractivity contribution in [2.75, 3.05) is 23.1 Å². The van der Waals surface area contributed by atoms with E-state index in [1.807, 2.05) is 0 Å². The number of aromatic nitrogens is 2. The number of nitrogens with zero attached hydrogens (tertiary/aromatic N) is 3. The highest BCUT2D eigenvalue weighted by Crippen LogP contribution is 2.22. The molecule has 12 heteroatoms. The van der Waals surface area contributed by atoms with Gasteiger partial charge in [0.2, 0.25) is 16.0 Å². The second kappa shape index (κ2) is 10.3. The largest absolute Gasteiger partial charge is 0.322 e. The SMILES string of the molecule is Cc1cc(C)nc(NS(=O)(=O)c2ccc(NC(=O)c3ccc(S(=O)(=O)N4CCCCC4)cc3)cc2)n1. The van der Waals surface area contributed by atoms with E-state index in [1.54, 1.807) is 19.9 Å². The quantitative estimate of drug-likeness (QED) is 0.479. The molecule has 1 aliphatic heterocycles. The van der Waals surface area contributed by atoms with Crippen molar-refractivity contribution in [1.29, 1.82) is 0 Å². The minimum atomic E-state index is -3.92. The number of amides is 1. The van der Waals surface area contributed by atoms with E-state index in [0.717, 1.165) is 19.3 Å². The summed E-state index contributed by atoms with van der Waals surface area (Å²) in [5.74, 6) is -0.468. The average Bonchev–Trinajstić information content (AvgIpc) is 2.84. The molecule has 1 fully saturated rings. The summed E-state index contributed by atoms with van der Waals surface area (Å²) in [4.78, 5) is 20.9. The van der Waals surface area contributed by atoms with Crippen molar-refractivity contribution in [3.05, 3.63) is 71.5 Å². The minimum Gasteiger partial charge on any atom is -0.322 e. The fraction of sp³-hybridized carbons (Fsp3) is 0.292. The maximum absolute atomic E-state index is 12.8. The fourth-order valence-corrected chi connectivity index (χ4v) is 6.36. The van der Waals surface area contributed by atoms with Crippen molar-refractivity contribution < 1.29 is 21.6 Å². The monoisotopic (exact) mass is 529 g/mol. The van der Waals surface area contributed by atoms with Gasteiger partial charge in [0.1, 0.15) is 0 Å². The van der Waals surface area contributed by atoms with Crippen LogP contribution in [0.2, 0.25) is 0 Å². The zero-order valence-electron chi connectivity index (χ0n) is 19.9. The lowest BCUT2D eigenvalue weighted by atomic mass is 10.2. The number of rotatable bonds is 7. The number of hydrogen-bond donors (Lipinski definition) is 2. The summed E-state index contributed by atoms with van der Waals surface area (Å²) >= 11 is 0. The van der Waals surface area contributed by atoms with Crippen LogP contribution in [0.25, 0.3) is 0 Å². The third kappa shape index (κ3) is 5.89. The molecule has 10 nitrogen and oxygen atoms in total. The van der Waals surface area contributed by atoms with Crippen LogP contribution in [-0.2, 0) is 20.0 Å². The Morgan fingerprint density at radius 1 is 0.806 bits per heavy atom. The molecule has 0 atom stereocenters. The Kier molecular flexibility index (Phi) is 7.38. The van der Waals surface area contributed by atoms with Gasteiger partial charge in [0.25, 0.3) is 15.9 Å². The second-order valence-electron chi connectivity index (χ2n) is 8.55. The summed E-state index contributed by atoms with van der Waals surface area (Å²) in [6, 6.07) is 13.1. The first-order chi connectivity index (χ1) is 17.0. The Labute approximate surface area is 210 Å². The Morgan fingerprint density at radius 3 is 1.94 bits per heavy atom. The normalized spacial score (nSPS) is 14.8. The highest BCUT2D eigenvalue weighted by atomic mass is 32.2. The molecule has 3 aromatic rings. The van der Waals surface area contributed by atoms with E-state index in [9.17, 15) is 21.6 Å². The van der Waals surface area contributed by atoms with Crippen LogP contribution in [0, 0.1) is 13.8 Å². The van der Waals surface area contributed by atoms with E-state index in [1.165, 1.54) is 52.8 Å². The van der Waals surface area contributed by atoms with Gasteiger partial charge in [-0.2, -0.15) is 4.31 Å². The van der Waals surface area contributed by atoms with E-state index in [-0.39, 0.29) is 21.3 Å². The Hall–Kier alpha value is -3.35. The van der Waals surface area contributed by atoms with Crippen LogP contribution in [0.1, 0.15) is 41.0 Å². The van der Waals surface area contributed by atoms with Gasteiger partial charge in [0.05, 0.1) is 9.79 Å². The number of carbonyl (C=O) groups is 1. The van der Waals surface area contributed by atoms with Crippen molar-refractivity contribution in [3.63, 3.8) is 0 Å². The van der Waals surface area contributed by atoms with Crippen molar-refractivity contribution in [2.24, 2.45) is 0 Å². The maximum Gasteiger partial charge on any atom is 0.264 e. The Bertz CT molecular complexity index is 1450. The van der Waals surface area contributed by atoms with E-state index < -0.39 is 26.0 Å². The summed E-state index contributed by atoms with van der Waals surface area (Å²) in [6.07, 6.45) is 2.71. The molecule has 2 N–H and O–H groups in total. The number of anilines is 2. The van der Waals surface area contributed by atoms with Gasteiger partial charge in [-0.15, -0.1) is 0 Å². The highest BCUT2D eigenvalue weighted by Gasteiger charge is 2.26. The smallest absolute Gasteiger partial charge is 0.264 e. The third-order valence-corrected chi connectivity index (χ3v) is 8.96. The number of sulfonamides is 2. The van der Waals surface area contributed by atoms with Gasteiger partial charge >= 0.3 is 0 Å². The molecule has 2 heterocycles. The molecule has 1 saturated heterocycles. The zero-order chi connectivity index (χ0) is 25.9. The number of hydrogen-bond acceptors (Lipinski definition) is 7. The number of benzene rings is 2. The highest BCUT2D eigenvalue weighted by molar-refractivity contribution is 7.92. The van der Waals surface area contributed by atoms with Gasteiger partial charge in [-0.3, -0.25) is 4.79 Å². The summed E-state index contributed by atoms with van der Waals surface area (Å²) < 4.78 is 54.7. The molecule has 4 rings (SSSR count). The molecule has 1 aliphatic rings. The number of piperidine rings is 1. The molecular formula is C24H27N5O5S2. The molecule has 190 valence electrons. The predicted octanol–water partition coefficient (Wildman–Crippen LogP) is 3.32. The van der Waals surface area contributed by atoms with Gasteiger partial charge in [-0.05, 0) is 81.3 Å². The summed E-state index contributed by atoms with van der Waals surface area (Å²) in [6.45, 7) is 4.49. The molecule has 0 aliphatic carbocycles. The molecule has 1 aromatic heterocycles. The lowest BCUT2D eigenvalue weighted by molar-refractivity contribution is 0.102. The standard InChI is InChI=1S/C24H27N5O5S2/c1-17-16-18(2)26-24(25-17)28-35(31,32)21-12-8-20(9-13-21)27-23(30)19-6-10-22(11-7-19)36(33,34)29-14-4-3-5-15-29/h6-13,16H,3-5,14-15H2,1-2H3,(H,27,30)(H,25,26,28). The lowest BCUT2D eigenvalue weighted by Crippen LogP contribution is -2.35. The predicted molar refractivity (Wildman–Crippen MR) is 136 cm³/mol. The number of aryl methyl sites for hydroxylation is 2. The van der Waals surface area contributed by atoms with Crippen molar-refractivity contribution in [2.45, 2.75) is 42.9 Å². The second-order valence-corrected chi connectivity index (χ2v) is 12.2. The Morgan fingerprint density at radius 2 is 1.36 bits per heavy atom. The first-order valence-electron chi connectivity index (χ1n) is 11.4. The maximum atomic E-state index is 12.8. The number of carbonyl (C=O) groups excluding carboxylic acids is 1. The van der Waals surface area contributed by atoms with Crippen LogP contribution in [0.4, 0.5) is 11.6 Å². The van der Waals surface area contributed by atoms with Crippen LogP contribution >= 0.6 is 0 Å². The van der Waals surface area contributed by atoms with Gasteiger partial charge in [-0.1, -0.05) is 6.42 Å². The topological polar surface area (TPSA) is 138 Å². The molecule has 0 unspecified atom stereocenters. The number of nitrogens with one attached hydrogen (secondary N) is 2. The lowest BCUT2D eigenvalue weighted by Gasteiger charge is -2.25. The Balaban J connectivity index is 1.42. The van der Waals surface area contributed by atoms with Gasteiger partial charge in [-0.25, -0.2) is 31.5 Å². The van der Waals surface area contributed by atoms with E-state index in [2.05, 4.69) is 20.0 Å². The minimum absolute atomic E-state index is 0.0179. The third-order valence-electron chi connectivity index (χ3n) is 5.70. The van der Waals surface area contributed by atoms with Crippen LogP contribution in [0.15, 0.2) is 64.4 Å². The van der Waals surface area contributed by atoms with Gasteiger partial charge in [0.15, 0.2) is 0 Å². The van der Waals surface area contributed by atoms with E-state index >= 15 is 0 Å². The summed E-state index contributed by atoms with van der Waals surface area (Å²) in [5, 5.41) is 2.68. The molecule has 0 spiro atoms. The summed E-state index contributed by atoms with van der Waals surface area (Å²) in [5.41, 5.74) is 1.93.